The molecule has 1 aliphatic carbocycles. The quantitative estimate of drug-likeness (QED) is 0.745. The van der Waals surface area contributed by atoms with Gasteiger partial charge in [0.15, 0.2) is 0 Å². The number of hydrogen-bond acceptors (Lipinski definition) is 1. The summed E-state index contributed by atoms with van der Waals surface area (Å²) in [6.07, 6.45) is 5.48. The van der Waals surface area contributed by atoms with Gasteiger partial charge in [0.2, 0.25) is 0 Å². The van der Waals surface area contributed by atoms with E-state index in [0.29, 0.717) is 6.04 Å². The number of hydrogen-bond donors (Lipinski definition) is 1. The molecule has 0 aromatic rings. The van der Waals surface area contributed by atoms with Crippen molar-refractivity contribution in [3.8, 4) is 0 Å². The van der Waals surface area contributed by atoms with Crippen LogP contribution in [-0.4, -0.2) is 12.1 Å². The highest BCUT2D eigenvalue weighted by molar-refractivity contribution is 4.81. The van der Waals surface area contributed by atoms with Gasteiger partial charge in [-0.3, -0.25) is 0 Å². The molecule has 0 heterocycles. The maximum absolute atomic E-state index is 3.80. The molecule has 0 aromatic carbocycles. The van der Waals surface area contributed by atoms with Gasteiger partial charge in [-0.05, 0) is 50.4 Å². The molecule has 0 aromatic heterocycles. The van der Waals surface area contributed by atoms with E-state index in [0.717, 1.165) is 23.8 Å². The van der Waals surface area contributed by atoms with Crippen molar-refractivity contribution in [1.82, 2.24) is 5.32 Å². The maximum atomic E-state index is 3.80. The molecule has 0 radical (unpaired) electrons. The first-order valence-electron chi connectivity index (χ1n) is 6.75. The van der Waals surface area contributed by atoms with E-state index in [2.05, 4.69) is 39.9 Å². The Kier molecular flexibility index (Phi) is 5.11. The van der Waals surface area contributed by atoms with Crippen molar-refractivity contribution in [1.29, 1.82) is 0 Å². The predicted molar refractivity (Wildman–Crippen MR) is 68.0 cm³/mol. The third-order valence-corrected chi connectivity index (χ3v) is 3.94. The smallest absolute Gasteiger partial charge is 0.00722 e. The first-order valence-corrected chi connectivity index (χ1v) is 6.75. The first-order chi connectivity index (χ1) is 6.99. The lowest BCUT2D eigenvalue weighted by atomic mass is 9.79. The molecule has 4 unspecified atom stereocenters. The fraction of sp³-hybridized carbons (Fsp3) is 1.00. The minimum absolute atomic E-state index is 0.690. The molecule has 1 saturated carbocycles. The molecule has 1 heteroatoms. The zero-order chi connectivity index (χ0) is 11.4. The molecule has 1 N–H and O–H groups in total. The Morgan fingerprint density at radius 1 is 1.07 bits per heavy atom. The Labute approximate surface area is 96.0 Å². The summed E-state index contributed by atoms with van der Waals surface area (Å²) in [6.45, 7) is 11.8. The average Bonchev–Trinajstić information content (AvgIpc) is 2.10. The van der Waals surface area contributed by atoms with Gasteiger partial charge in [0.05, 0.1) is 0 Å². The van der Waals surface area contributed by atoms with Gasteiger partial charge >= 0.3 is 0 Å². The zero-order valence-electron chi connectivity index (χ0n) is 11.2. The second-order valence-electron chi connectivity index (χ2n) is 6.16. The van der Waals surface area contributed by atoms with E-state index in [9.17, 15) is 0 Å². The van der Waals surface area contributed by atoms with E-state index in [-0.39, 0.29) is 0 Å². The molecule has 1 nitrogen and oxygen atoms in total. The molecule has 0 bridgehead atoms. The summed E-state index contributed by atoms with van der Waals surface area (Å²) in [7, 11) is 0. The monoisotopic (exact) mass is 211 g/mol. The minimum Gasteiger partial charge on any atom is -0.311 e. The minimum atomic E-state index is 0.690. The molecule has 90 valence electrons. The van der Waals surface area contributed by atoms with Gasteiger partial charge in [0.1, 0.15) is 0 Å². The molecular weight excluding hydrogens is 182 g/mol. The van der Waals surface area contributed by atoms with Gasteiger partial charge in [-0.2, -0.15) is 0 Å². The van der Waals surface area contributed by atoms with E-state index < -0.39 is 0 Å². The van der Waals surface area contributed by atoms with Crippen molar-refractivity contribution in [3.63, 3.8) is 0 Å². The van der Waals surface area contributed by atoms with Gasteiger partial charge < -0.3 is 5.32 Å². The molecule has 1 rings (SSSR count). The summed E-state index contributed by atoms with van der Waals surface area (Å²) in [5.74, 6) is 2.65. The Morgan fingerprint density at radius 3 is 2.27 bits per heavy atom. The largest absolute Gasteiger partial charge is 0.311 e. The summed E-state index contributed by atoms with van der Waals surface area (Å²) in [6, 6.07) is 1.47. The molecule has 1 fully saturated rings. The summed E-state index contributed by atoms with van der Waals surface area (Å²) in [5.41, 5.74) is 0. The van der Waals surface area contributed by atoms with E-state index in [1.807, 2.05) is 0 Å². The highest BCUT2D eigenvalue weighted by Crippen LogP contribution is 2.29. The Bertz CT molecular complexity index is 176. The standard InChI is InChI=1S/C14H29N/c1-10(2)8-13(5)15-14-7-6-11(3)12(4)9-14/h10-15H,6-9H2,1-5H3. The van der Waals surface area contributed by atoms with E-state index in [1.54, 1.807) is 0 Å². The van der Waals surface area contributed by atoms with Crippen LogP contribution in [0.1, 0.15) is 60.3 Å². The highest BCUT2D eigenvalue weighted by Gasteiger charge is 2.25. The molecular formula is C14H29N. The van der Waals surface area contributed by atoms with Crippen LogP contribution in [0.2, 0.25) is 0 Å². The van der Waals surface area contributed by atoms with Gasteiger partial charge in [0.25, 0.3) is 0 Å². The number of nitrogens with one attached hydrogen (secondary N) is 1. The third kappa shape index (κ3) is 4.55. The van der Waals surface area contributed by atoms with Crippen LogP contribution in [0, 0.1) is 17.8 Å². The van der Waals surface area contributed by atoms with Crippen molar-refractivity contribution in [2.24, 2.45) is 17.8 Å². The zero-order valence-corrected chi connectivity index (χ0v) is 11.2. The second kappa shape index (κ2) is 5.89. The van der Waals surface area contributed by atoms with E-state index in [1.165, 1.54) is 25.7 Å². The van der Waals surface area contributed by atoms with Gasteiger partial charge in [-0.1, -0.05) is 27.7 Å². The molecule has 0 aliphatic heterocycles. The molecule has 1 aliphatic rings. The molecule has 15 heavy (non-hydrogen) atoms. The van der Waals surface area contributed by atoms with E-state index in [4.69, 9.17) is 0 Å². The van der Waals surface area contributed by atoms with E-state index >= 15 is 0 Å². The normalized spacial score (nSPS) is 34.4. The van der Waals surface area contributed by atoms with Crippen molar-refractivity contribution >= 4 is 0 Å². The van der Waals surface area contributed by atoms with Crippen LogP contribution in [-0.2, 0) is 0 Å². The second-order valence-corrected chi connectivity index (χ2v) is 6.16. The predicted octanol–water partition coefficient (Wildman–Crippen LogP) is 3.84. The van der Waals surface area contributed by atoms with Crippen LogP contribution in [0.25, 0.3) is 0 Å². The SMILES string of the molecule is CC(C)CC(C)NC1CCC(C)C(C)C1. The molecule has 4 atom stereocenters. The fourth-order valence-corrected chi connectivity index (χ4v) is 2.88. The summed E-state index contributed by atoms with van der Waals surface area (Å²) in [5, 5.41) is 3.80. The van der Waals surface area contributed by atoms with Crippen LogP contribution >= 0.6 is 0 Å². The Hall–Kier alpha value is -0.0400. The summed E-state index contributed by atoms with van der Waals surface area (Å²) >= 11 is 0. The average molecular weight is 211 g/mol. The topological polar surface area (TPSA) is 12.0 Å². The Morgan fingerprint density at radius 2 is 1.73 bits per heavy atom. The van der Waals surface area contributed by atoms with Crippen LogP contribution in [0.4, 0.5) is 0 Å². The summed E-state index contributed by atoms with van der Waals surface area (Å²) in [4.78, 5) is 0. The Balaban J connectivity index is 2.27. The van der Waals surface area contributed by atoms with Crippen LogP contribution < -0.4 is 5.32 Å². The fourth-order valence-electron chi connectivity index (χ4n) is 2.88. The van der Waals surface area contributed by atoms with Crippen LogP contribution in [0.3, 0.4) is 0 Å². The van der Waals surface area contributed by atoms with Crippen LogP contribution in [0.5, 0.6) is 0 Å². The van der Waals surface area contributed by atoms with Crippen LogP contribution in [0.15, 0.2) is 0 Å². The lowest BCUT2D eigenvalue weighted by Crippen LogP contribution is -2.41. The van der Waals surface area contributed by atoms with Gasteiger partial charge in [0, 0.05) is 12.1 Å². The van der Waals surface area contributed by atoms with Gasteiger partial charge in [-0.25, -0.2) is 0 Å². The van der Waals surface area contributed by atoms with Crippen molar-refractivity contribution in [2.75, 3.05) is 0 Å². The highest BCUT2D eigenvalue weighted by atomic mass is 14.9. The lowest BCUT2D eigenvalue weighted by Gasteiger charge is -2.34. The summed E-state index contributed by atoms with van der Waals surface area (Å²) < 4.78 is 0. The van der Waals surface area contributed by atoms with Crippen molar-refractivity contribution in [2.45, 2.75) is 72.4 Å². The maximum Gasteiger partial charge on any atom is 0.00722 e. The molecule has 0 amide bonds. The molecule has 0 spiro atoms. The number of rotatable bonds is 4. The third-order valence-electron chi connectivity index (χ3n) is 3.94. The molecule has 0 saturated heterocycles. The van der Waals surface area contributed by atoms with Gasteiger partial charge in [-0.15, -0.1) is 0 Å². The van der Waals surface area contributed by atoms with Crippen molar-refractivity contribution in [3.05, 3.63) is 0 Å². The first kappa shape index (κ1) is 13.0. The van der Waals surface area contributed by atoms with Crippen molar-refractivity contribution < 1.29 is 0 Å². The lowest BCUT2D eigenvalue weighted by molar-refractivity contribution is 0.212.